The molecule has 110 valence electrons. The van der Waals surface area contributed by atoms with E-state index in [0.29, 0.717) is 0 Å². The van der Waals surface area contributed by atoms with Crippen molar-refractivity contribution < 1.29 is 19.1 Å². The Labute approximate surface area is 122 Å². The van der Waals surface area contributed by atoms with Crippen molar-refractivity contribution >= 4 is 11.9 Å². The van der Waals surface area contributed by atoms with Crippen molar-refractivity contribution in [2.75, 3.05) is 6.54 Å². The van der Waals surface area contributed by atoms with Crippen LogP contribution in [-0.2, 0) is 0 Å². The van der Waals surface area contributed by atoms with Gasteiger partial charge in [-0.15, -0.1) is 6.42 Å². The van der Waals surface area contributed by atoms with Crippen molar-refractivity contribution in [2.24, 2.45) is 0 Å². The van der Waals surface area contributed by atoms with E-state index in [2.05, 4.69) is 5.92 Å². The molecule has 1 amide bonds. The molecular weight excluding hydrogens is 273 g/mol. The van der Waals surface area contributed by atoms with Gasteiger partial charge in [-0.1, -0.05) is 18.8 Å². The lowest BCUT2D eigenvalue weighted by Crippen LogP contribution is -2.39. The number of carbonyl (C=O) groups excluding carboxylic acids is 1. The van der Waals surface area contributed by atoms with Crippen LogP contribution < -0.4 is 0 Å². The Hall–Kier alpha value is -2.35. The maximum absolute atomic E-state index is 14.0. The molecule has 0 atom stereocenters. The molecule has 1 aromatic carbocycles. The van der Waals surface area contributed by atoms with Gasteiger partial charge in [0.15, 0.2) is 0 Å². The molecule has 0 heterocycles. The van der Waals surface area contributed by atoms with Crippen LogP contribution in [0.4, 0.5) is 4.39 Å². The molecule has 0 saturated heterocycles. The number of nitrogens with zero attached hydrogens (tertiary/aromatic N) is 1. The first kappa shape index (κ1) is 15.0. The minimum absolute atomic E-state index is 0.0344. The van der Waals surface area contributed by atoms with E-state index in [0.717, 1.165) is 31.7 Å². The summed E-state index contributed by atoms with van der Waals surface area (Å²) in [5.74, 6) is -0.110. The normalized spacial score (nSPS) is 14.7. The molecule has 4 nitrogen and oxygen atoms in total. The lowest BCUT2D eigenvalue weighted by atomic mass is 10.1. The highest BCUT2D eigenvalue weighted by Gasteiger charge is 2.28. The number of aromatic carboxylic acids is 1. The largest absolute Gasteiger partial charge is 0.478 e. The summed E-state index contributed by atoms with van der Waals surface area (Å²) >= 11 is 0. The molecular formula is C16H16FNO3. The molecule has 5 heteroatoms. The monoisotopic (exact) mass is 289 g/mol. The topological polar surface area (TPSA) is 57.6 Å². The van der Waals surface area contributed by atoms with Crippen LogP contribution in [-0.4, -0.2) is 34.5 Å². The van der Waals surface area contributed by atoms with Gasteiger partial charge in [-0.2, -0.15) is 0 Å². The Morgan fingerprint density at radius 2 is 2.05 bits per heavy atom. The highest BCUT2D eigenvalue weighted by atomic mass is 19.1. The molecule has 0 aromatic heterocycles. The third kappa shape index (κ3) is 3.22. The first-order chi connectivity index (χ1) is 10.0. The van der Waals surface area contributed by atoms with Crippen LogP contribution in [0.1, 0.15) is 46.4 Å². The first-order valence-corrected chi connectivity index (χ1v) is 6.82. The molecule has 1 saturated carbocycles. The predicted molar refractivity (Wildman–Crippen MR) is 75.5 cm³/mol. The van der Waals surface area contributed by atoms with Gasteiger partial charge in [0, 0.05) is 6.04 Å². The first-order valence-electron chi connectivity index (χ1n) is 6.82. The number of carboxylic acid groups (broad SMARTS) is 1. The highest BCUT2D eigenvalue weighted by molar-refractivity contribution is 5.96. The van der Waals surface area contributed by atoms with E-state index in [-0.39, 0.29) is 23.7 Å². The van der Waals surface area contributed by atoms with Gasteiger partial charge in [0.1, 0.15) is 5.82 Å². The summed E-state index contributed by atoms with van der Waals surface area (Å²) in [4.78, 5) is 24.8. The van der Waals surface area contributed by atoms with Crippen LogP contribution in [0, 0.1) is 18.2 Å². The van der Waals surface area contributed by atoms with Crippen LogP contribution in [0.5, 0.6) is 0 Å². The maximum atomic E-state index is 14.0. The fourth-order valence-electron chi connectivity index (χ4n) is 2.66. The SMILES string of the molecule is C#CCN(C(=O)c1ccc(C(=O)O)cc1F)C1CCCC1. The van der Waals surface area contributed by atoms with Crippen LogP contribution in [0.3, 0.4) is 0 Å². The van der Waals surface area contributed by atoms with Gasteiger partial charge in [-0.25, -0.2) is 9.18 Å². The van der Waals surface area contributed by atoms with Gasteiger partial charge in [0.2, 0.25) is 0 Å². The Morgan fingerprint density at radius 1 is 1.38 bits per heavy atom. The molecule has 1 fully saturated rings. The van der Waals surface area contributed by atoms with E-state index in [1.54, 1.807) is 0 Å². The standard InChI is InChI=1S/C16H16FNO3/c1-2-9-18(12-5-3-4-6-12)15(19)13-8-7-11(16(20)21)10-14(13)17/h1,7-8,10,12H,3-6,9H2,(H,20,21). The Morgan fingerprint density at radius 3 is 2.57 bits per heavy atom. The van der Waals surface area contributed by atoms with Crippen molar-refractivity contribution in [3.8, 4) is 12.3 Å². The van der Waals surface area contributed by atoms with Crippen LogP contribution >= 0.6 is 0 Å². The number of carboxylic acids is 1. The molecule has 1 N–H and O–H groups in total. The number of hydrogen-bond donors (Lipinski definition) is 1. The molecule has 21 heavy (non-hydrogen) atoms. The average Bonchev–Trinajstić information content (AvgIpc) is 2.97. The summed E-state index contributed by atoms with van der Waals surface area (Å²) in [6, 6.07) is 3.33. The Balaban J connectivity index is 2.28. The molecule has 0 radical (unpaired) electrons. The van der Waals surface area contributed by atoms with E-state index in [4.69, 9.17) is 11.5 Å². The molecule has 1 aromatic rings. The van der Waals surface area contributed by atoms with Gasteiger partial charge in [0.05, 0.1) is 17.7 Å². The zero-order chi connectivity index (χ0) is 15.4. The lowest BCUT2D eigenvalue weighted by Gasteiger charge is -2.27. The van der Waals surface area contributed by atoms with E-state index in [9.17, 15) is 14.0 Å². The summed E-state index contributed by atoms with van der Waals surface area (Å²) in [7, 11) is 0. The van der Waals surface area contributed by atoms with Crippen LogP contribution in [0.2, 0.25) is 0 Å². The Kier molecular flexibility index (Phi) is 4.59. The fraction of sp³-hybridized carbons (Fsp3) is 0.375. The summed E-state index contributed by atoms with van der Waals surface area (Å²) in [5, 5.41) is 8.82. The van der Waals surface area contributed by atoms with Gasteiger partial charge in [0.25, 0.3) is 5.91 Å². The van der Waals surface area contributed by atoms with E-state index in [1.165, 1.54) is 17.0 Å². The van der Waals surface area contributed by atoms with E-state index < -0.39 is 17.7 Å². The number of halogens is 1. The Bertz CT molecular complexity index is 600. The van der Waals surface area contributed by atoms with Crippen LogP contribution in [0.25, 0.3) is 0 Å². The predicted octanol–water partition coefficient (Wildman–Crippen LogP) is 2.54. The van der Waals surface area contributed by atoms with Gasteiger partial charge in [-0.3, -0.25) is 4.79 Å². The molecule has 2 rings (SSSR count). The van der Waals surface area contributed by atoms with Gasteiger partial charge < -0.3 is 10.0 Å². The quantitative estimate of drug-likeness (QED) is 0.867. The second kappa shape index (κ2) is 6.40. The van der Waals surface area contributed by atoms with Crippen molar-refractivity contribution in [1.82, 2.24) is 4.90 Å². The molecule has 0 unspecified atom stereocenters. The summed E-state index contributed by atoms with van der Waals surface area (Å²) in [6.07, 6.45) is 9.08. The fourth-order valence-corrected chi connectivity index (χ4v) is 2.66. The molecule has 0 aliphatic heterocycles. The molecule has 1 aliphatic carbocycles. The third-order valence-electron chi connectivity index (χ3n) is 3.73. The summed E-state index contributed by atoms with van der Waals surface area (Å²) < 4.78 is 14.0. The zero-order valence-corrected chi connectivity index (χ0v) is 11.5. The molecule has 0 bridgehead atoms. The van der Waals surface area contributed by atoms with Crippen molar-refractivity contribution in [2.45, 2.75) is 31.7 Å². The number of amides is 1. The minimum Gasteiger partial charge on any atom is -0.478 e. The van der Waals surface area contributed by atoms with E-state index in [1.807, 2.05) is 0 Å². The smallest absolute Gasteiger partial charge is 0.335 e. The number of benzene rings is 1. The summed E-state index contributed by atoms with van der Waals surface area (Å²) in [6.45, 7) is 0.129. The maximum Gasteiger partial charge on any atom is 0.335 e. The third-order valence-corrected chi connectivity index (χ3v) is 3.73. The van der Waals surface area contributed by atoms with Gasteiger partial charge in [-0.05, 0) is 31.0 Å². The highest BCUT2D eigenvalue weighted by Crippen LogP contribution is 2.25. The minimum atomic E-state index is -1.23. The van der Waals surface area contributed by atoms with Crippen molar-refractivity contribution in [3.05, 3.63) is 35.1 Å². The second-order valence-electron chi connectivity index (χ2n) is 5.08. The average molecular weight is 289 g/mol. The number of terminal acetylenes is 1. The second-order valence-corrected chi connectivity index (χ2v) is 5.08. The molecule has 0 spiro atoms. The zero-order valence-electron chi connectivity index (χ0n) is 11.5. The lowest BCUT2D eigenvalue weighted by molar-refractivity contribution is 0.0685. The van der Waals surface area contributed by atoms with Crippen molar-refractivity contribution in [3.63, 3.8) is 0 Å². The van der Waals surface area contributed by atoms with E-state index >= 15 is 0 Å². The number of rotatable bonds is 4. The number of carbonyl (C=O) groups is 2. The van der Waals surface area contributed by atoms with Crippen LogP contribution in [0.15, 0.2) is 18.2 Å². The summed E-state index contributed by atoms with van der Waals surface area (Å²) in [5.41, 5.74) is -0.324. The van der Waals surface area contributed by atoms with Gasteiger partial charge >= 0.3 is 5.97 Å². The van der Waals surface area contributed by atoms with Crippen molar-refractivity contribution in [1.29, 1.82) is 0 Å². The molecule has 1 aliphatic rings. The number of hydrogen-bond acceptors (Lipinski definition) is 2.